The van der Waals surface area contributed by atoms with Gasteiger partial charge >= 0.3 is 18.0 Å². The van der Waals surface area contributed by atoms with E-state index in [0.717, 1.165) is 36.1 Å². The predicted octanol–water partition coefficient (Wildman–Crippen LogP) is 6.37. The maximum absolute atomic E-state index is 16.5. The molecule has 14 nitrogen and oxygen atoms in total. The van der Waals surface area contributed by atoms with Crippen LogP contribution in [0.5, 0.6) is 5.75 Å². The van der Waals surface area contributed by atoms with Gasteiger partial charge < -0.3 is 35.1 Å². The molecule has 7 unspecified atom stereocenters. The smallest absolute Gasteiger partial charge is 0.329 e. The molecule has 1 spiro atoms. The second kappa shape index (κ2) is 20.2. The fourth-order valence-corrected chi connectivity index (χ4v) is 10.6. The van der Waals surface area contributed by atoms with E-state index in [4.69, 9.17) is 14.2 Å². The number of aliphatic hydroxyl groups excluding tert-OH is 1. The number of nitrogens with one attached hydrogen (secondary N) is 2. The van der Waals surface area contributed by atoms with Crippen LogP contribution in [0.15, 0.2) is 116 Å². The van der Waals surface area contributed by atoms with Crippen LogP contribution in [0.4, 0.5) is 10.5 Å². The van der Waals surface area contributed by atoms with E-state index >= 15 is 14.4 Å². The molecule has 4 amide bonds. The van der Waals surface area contributed by atoms with Crippen LogP contribution in [0.25, 0.3) is 0 Å². The van der Waals surface area contributed by atoms with Gasteiger partial charge in [-0.05, 0) is 84.2 Å². The Balaban J connectivity index is 1.45. The number of hydrogen-bond acceptors (Lipinski definition) is 11. The fourth-order valence-electron chi connectivity index (χ4n) is 10.6. The minimum Gasteiger partial charge on any atom is -0.491 e. The molecule has 1 aliphatic carbocycles. The second-order valence-electron chi connectivity index (χ2n) is 18.2. The molecule has 8 rings (SSSR count). The van der Waals surface area contributed by atoms with Crippen LogP contribution in [0.2, 0.25) is 0 Å². The van der Waals surface area contributed by atoms with E-state index in [9.17, 15) is 19.8 Å². The molecule has 4 aromatic carbocycles. The van der Waals surface area contributed by atoms with E-state index in [1.54, 1.807) is 56.3 Å². The Hall–Kier alpha value is -6.79. The first-order valence-electron chi connectivity index (χ1n) is 23.3. The highest BCUT2D eigenvalue weighted by molar-refractivity contribution is 6.25. The molecule has 0 bridgehead atoms. The minimum absolute atomic E-state index is 0.0188. The second-order valence-corrected chi connectivity index (χ2v) is 18.2. The normalized spacial score (nSPS) is 24.4. The molecule has 3 heterocycles. The van der Waals surface area contributed by atoms with E-state index < -0.39 is 82.9 Å². The van der Waals surface area contributed by atoms with Crippen molar-refractivity contribution in [1.82, 2.24) is 15.5 Å². The molecule has 4 N–H and O–H groups in total. The maximum atomic E-state index is 16.5. The third-order valence-electron chi connectivity index (χ3n) is 13.7. The van der Waals surface area contributed by atoms with Crippen molar-refractivity contribution in [3.63, 3.8) is 0 Å². The van der Waals surface area contributed by atoms with Gasteiger partial charge in [0.15, 0.2) is 0 Å². The topological polar surface area (TPSA) is 184 Å². The zero-order valence-electron chi connectivity index (χ0n) is 38.6. The number of anilines is 1. The molecule has 68 heavy (non-hydrogen) atoms. The number of methoxy groups -OCH3 is 1. The first-order chi connectivity index (χ1) is 32.9. The average Bonchev–Trinajstić information content (AvgIpc) is 3.69. The predicted molar refractivity (Wildman–Crippen MR) is 253 cm³/mol. The van der Waals surface area contributed by atoms with Crippen molar-refractivity contribution in [2.75, 3.05) is 31.8 Å². The Morgan fingerprint density at radius 1 is 0.897 bits per heavy atom. The fraction of sp³-hybridized carbons (Fsp3) is 0.389. The summed E-state index contributed by atoms with van der Waals surface area (Å²) in [5, 5.41) is 26.9. The van der Waals surface area contributed by atoms with Crippen molar-refractivity contribution >= 4 is 35.5 Å². The third kappa shape index (κ3) is 8.77. The number of carbonyl (C=O) groups excluding carboxylic acids is 5. The van der Waals surface area contributed by atoms with E-state index in [0.29, 0.717) is 35.3 Å². The number of urea groups is 1. The van der Waals surface area contributed by atoms with Crippen LogP contribution in [0.3, 0.4) is 0 Å². The lowest BCUT2D eigenvalue weighted by Crippen LogP contribution is -2.57. The molecule has 4 aromatic rings. The largest absolute Gasteiger partial charge is 0.491 e. The van der Waals surface area contributed by atoms with Crippen molar-refractivity contribution in [3.8, 4) is 17.6 Å². The van der Waals surface area contributed by atoms with Crippen LogP contribution in [-0.4, -0.2) is 89.5 Å². The van der Waals surface area contributed by atoms with Crippen molar-refractivity contribution in [3.05, 3.63) is 144 Å². The molecular formula is C54H58N4O10. The van der Waals surface area contributed by atoms with Crippen molar-refractivity contribution in [2.24, 2.45) is 11.8 Å². The van der Waals surface area contributed by atoms with Gasteiger partial charge in [0.05, 0.1) is 37.4 Å². The summed E-state index contributed by atoms with van der Waals surface area (Å²) in [4.78, 5) is 78.2. The molecule has 4 aliphatic rings. The number of morpholine rings is 1. The van der Waals surface area contributed by atoms with E-state index in [2.05, 4.69) is 29.1 Å². The van der Waals surface area contributed by atoms with Crippen LogP contribution in [0, 0.1) is 23.7 Å². The number of benzene rings is 4. The van der Waals surface area contributed by atoms with Crippen molar-refractivity contribution in [1.29, 1.82) is 0 Å². The third-order valence-corrected chi connectivity index (χ3v) is 13.7. The number of rotatable bonds is 12. The van der Waals surface area contributed by atoms with Crippen LogP contribution >= 0.6 is 0 Å². The van der Waals surface area contributed by atoms with Gasteiger partial charge in [-0.3, -0.25) is 19.3 Å². The number of esters is 2. The quantitative estimate of drug-likeness (QED) is 0.0536. The summed E-state index contributed by atoms with van der Waals surface area (Å²) in [6, 6.07) is 25.0. The summed E-state index contributed by atoms with van der Waals surface area (Å²) in [6.45, 7) is 7.05. The number of amides is 4. The van der Waals surface area contributed by atoms with Crippen LogP contribution in [0.1, 0.15) is 98.4 Å². The number of imide groups is 1. The summed E-state index contributed by atoms with van der Waals surface area (Å²) >= 11 is 0. The van der Waals surface area contributed by atoms with Crippen molar-refractivity contribution in [2.45, 2.75) is 93.7 Å². The number of nitrogens with zero attached hydrogens (tertiary/aromatic N) is 2. The highest BCUT2D eigenvalue weighted by atomic mass is 16.6. The standard InChI is InChI=1S/C54H58N4O10/c1-5-30-55-48(60)42-45-50(62)68-46(37-18-12-9-13-19-37)44(36-16-10-8-11-17-36)58(45)47(38-21-23-39(24-22-38)67-32-31-59)54(42)40-33-35(26-29-53(65)27-14-6-7-15-28-53)20-25-41(40)57(51(54)63)52(64)56-43(34(2)3)49(61)66-4/h5,8-13,16-25,33-34,42-47,59,65H,1,6-7,14-15,27-28,30-32H2,2-4H3,(H,55,60)(H,56,64). The highest BCUT2D eigenvalue weighted by Gasteiger charge is 2.75. The Bertz CT molecular complexity index is 2580. The molecule has 3 aliphatic heterocycles. The summed E-state index contributed by atoms with van der Waals surface area (Å²) in [7, 11) is 1.21. The number of cyclic esters (lactones) is 1. The highest BCUT2D eigenvalue weighted by Crippen LogP contribution is 2.66. The molecule has 0 aromatic heterocycles. The van der Waals surface area contributed by atoms with Gasteiger partial charge in [-0.25, -0.2) is 14.5 Å². The number of fused-ring (bicyclic) bond motifs is 3. The van der Waals surface area contributed by atoms with Crippen LogP contribution < -0.4 is 20.3 Å². The number of carbonyl (C=O) groups is 5. The summed E-state index contributed by atoms with van der Waals surface area (Å²) in [5.74, 6) is 1.73. The zero-order chi connectivity index (χ0) is 48.2. The Labute approximate surface area is 396 Å². The Kier molecular flexibility index (Phi) is 14.2. The lowest BCUT2D eigenvalue weighted by atomic mass is 9.65. The van der Waals surface area contributed by atoms with Gasteiger partial charge in [0.1, 0.15) is 41.6 Å². The lowest BCUT2D eigenvalue weighted by Gasteiger charge is -2.46. The van der Waals surface area contributed by atoms with Gasteiger partial charge in [-0.15, -0.1) is 6.58 Å². The molecule has 7 atom stereocenters. The first-order valence-corrected chi connectivity index (χ1v) is 23.3. The summed E-state index contributed by atoms with van der Waals surface area (Å²) < 4.78 is 17.4. The van der Waals surface area contributed by atoms with Gasteiger partial charge in [-0.2, -0.15) is 0 Å². The molecule has 3 fully saturated rings. The van der Waals surface area contributed by atoms with E-state index in [1.807, 2.05) is 65.6 Å². The minimum atomic E-state index is -2.09. The monoisotopic (exact) mass is 922 g/mol. The summed E-state index contributed by atoms with van der Waals surface area (Å²) in [6.07, 6.45) is 5.13. The van der Waals surface area contributed by atoms with E-state index in [1.165, 1.54) is 13.2 Å². The molecule has 0 radical (unpaired) electrons. The van der Waals surface area contributed by atoms with Gasteiger partial charge in [0.25, 0.3) is 0 Å². The maximum Gasteiger partial charge on any atom is 0.329 e. The number of aliphatic hydroxyl groups is 2. The Morgan fingerprint density at radius 2 is 1.56 bits per heavy atom. The summed E-state index contributed by atoms with van der Waals surface area (Å²) in [5.41, 5.74) is -0.721. The molecule has 2 saturated heterocycles. The first kappa shape index (κ1) is 47.7. The molecule has 354 valence electrons. The van der Waals surface area contributed by atoms with Gasteiger partial charge in [0.2, 0.25) is 11.8 Å². The molecular weight excluding hydrogens is 865 g/mol. The van der Waals surface area contributed by atoms with Crippen LogP contribution in [-0.2, 0) is 34.1 Å². The molecule has 14 heteroatoms. The van der Waals surface area contributed by atoms with Crippen molar-refractivity contribution < 1.29 is 48.4 Å². The SMILES string of the molecule is C=CCNC(=O)C1C2C(=O)OC(c3ccccc3)C(c3ccccc3)N2C(c2ccc(OCCO)cc2)C12C(=O)N(C(=O)NC(C(=O)OC)C(C)C)c1ccc(C#CC3(O)CCCCCC3)cc12. The number of ether oxygens (including phenoxy) is 3. The van der Waals surface area contributed by atoms with Gasteiger partial charge in [-0.1, -0.05) is 117 Å². The Morgan fingerprint density at radius 3 is 2.18 bits per heavy atom. The molecule has 1 saturated carbocycles. The lowest BCUT2D eigenvalue weighted by molar-refractivity contribution is -0.178. The zero-order valence-corrected chi connectivity index (χ0v) is 38.6. The van der Waals surface area contributed by atoms with Gasteiger partial charge in [0, 0.05) is 12.1 Å². The number of hydrogen-bond donors (Lipinski definition) is 4. The average molecular weight is 923 g/mol. The van der Waals surface area contributed by atoms with E-state index in [-0.39, 0.29) is 31.0 Å².